The maximum Gasteiger partial charge on any atom is 0.287 e. The lowest BCUT2D eigenvalue weighted by Crippen LogP contribution is -2.07. The van der Waals surface area contributed by atoms with Gasteiger partial charge in [0.1, 0.15) is 0 Å². The largest absolute Gasteiger partial charge is 0.463 e. The number of rotatable bonds is 10. The van der Waals surface area contributed by atoms with E-state index in [0.717, 1.165) is 16.7 Å². The summed E-state index contributed by atoms with van der Waals surface area (Å²) in [5, 5.41) is 19.1. The van der Waals surface area contributed by atoms with E-state index < -0.39 is 34.4 Å². The molecule has 0 atom stereocenters. The first-order valence-electron chi connectivity index (χ1n) is 27.1. The Labute approximate surface area is 512 Å². The first-order valence-corrected chi connectivity index (χ1v) is 27.4. The molecule has 466 valence electrons. The van der Waals surface area contributed by atoms with Gasteiger partial charge in [-0.2, -0.15) is 29.3 Å². The highest BCUT2D eigenvalue weighted by Gasteiger charge is 2.22. The number of nitrogens with one attached hydrogen (secondary N) is 2. The van der Waals surface area contributed by atoms with Crippen molar-refractivity contribution in [2.75, 3.05) is 11.9 Å². The normalized spacial score (nSPS) is 8.25. The highest BCUT2D eigenvalue weighted by Crippen LogP contribution is 2.23. The second kappa shape index (κ2) is 63.4. The summed E-state index contributed by atoms with van der Waals surface area (Å²) in [5.41, 5.74) is 51.0. The molecule has 0 saturated heterocycles. The van der Waals surface area contributed by atoms with E-state index in [-0.39, 0.29) is 23.9 Å². The average molecular weight is 1220 g/mol. The van der Waals surface area contributed by atoms with Gasteiger partial charge in [0.25, 0.3) is 18.6 Å². The molecule has 23 nitrogen and oxygen atoms in total. The van der Waals surface area contributed by atoms with Gasteiger partial charge in [0.15, 0.2) is 29.2 Å². The van der Waals surface area contributed by atoms with Crippen LogP contribution in [0.4, 0.5) is 41.0 Å². The third kappa shape index (κ3) is 49.0. The summed E-state index contributed by atoms with van der Waals surface area (Å²) in [5.74, 6) is -5.34. The lowest BCUT2D eigenvalue weighted by atomic mass is 10.1. The fourth-order valence-corrected chi connectivity index (χ4v) is 4.62. The zero-order valence-corrected chi connectivity index (χ0v) is 52.3. The average Bonchev–Trinajstić information content (AvgIpc) is 2.10. The molecule has 0 bridgehead atoms. The first kappa shape index (κ1) is 85.6. The predicted octanol–water partition coefficient (Wildman–Crippen LogP) is 19.7. The molecule has 7 aromatic rings. The minimum atomic E-state index is -1.52. The molecule has 4 aromatic heterocycles. The van der Waals surface area contributed by atoms with Crippen LogP contribution in [-0.2, 0) is 6.42 Å². The molecule has 0 amide bonds. The standard InChI is InChI=1S/C9H7F4N.C8H8N2.C7H6N2.C6H5N3.C5H6ClN7.C5H4N4.C4H3N3O.5C3H8/c1-2-4-6(10)8(12)5(3-14)9(13)7(4)11;1-7-2-4-8(5-3-7)6-10-9;8-9-6-7-4-2-1-3-5-7;7-9-5-6-1-3-8-4-2-6;1-2-8-4-9-3(6)10-5(11-4)12-13-7;6-9-8-5-2-1-3-7-4-5;5-7-6-4-2-1-3-8-4;5*1-3-2/h3,14H,2H2,1H3;2-6H,1H3;1-6H;1-5H;2H2,1H3,(H,8,9,10,11);1-4H;1-3H;5*3H2,1-2H3. The number of aromatic nitrogens is 5. The number of aryl methyl sites for hydroxylation is 1. The minimum absolute atomic E-state index is 0.00616. The number of benzene rings is 3. The van der Waals surface area contributed by atoms with Crippen LogP contribution >= 0.6 is 11.6 Å². The van der Waals surface area contributed by atoms with Gasteiger partial charge in [-0.1, -0.05) is 149 Å². The predicted molar refractivity (Wildman–Crippen MR) is 340 cm³/mol. The number of furan rings is 1. The molecule has 0 aliphatic rings. The van der Waals surface area contributed by atoms with Crippen LogP contribution in [-0.4, -0.2) is 70.7 Å². The lowest BCUT2D eigenvalue weighted by Gasteiger charge is -2.07. The van der Waals surface area contributed by atoms with Crippen molar-refractivity contribution in [3.05, 3.63) is 232 Å². The Bertz CT molecular complexity index is 2960. The van der Waals surface area contributed by atoms with E-state index in [2.05, 4.69) is 148 Å². The molecule has 0 spiro atoms. The Morgan fingerprint density at radius 3 is 1.40 bits per heavy atom. The van der Waals surface area contributed by atoms with E-state index in [1.165, 1.54) is 75.7 Å². The summed E-state index contributed by atoms with van der Waals surface area (Å²) in [7, 11) is 0. The summed E-state index contributed by atoms with van der Waals surface area (Å²) >= 11 is 5.54. The zero-order valence-electron chi connectivity index (χ0n) is 51.5. The molecule has 4 heterocycles. The van der Waals surface area contributed by atoms with Gasteiger partial charge < -0.3 is 31.7 Å². The number of azide groups is 3. The number of anilines is 1. The molecule has 0 aliphatic carbocycles. The molecule has 2 N–H and O–H groups in total. The SMILES string of the molecule is CCC.CCC.CCC.CCC.CCC.CCNc1nc(Cl)nc(N=[N+]=[N-])n1.CCc1c(F)c(F)c(C=N)c(F)c1F.Cc1ccc(C=[N+]=[N-])cc1.[N-]=[N+]=Cc1ccccc1.[N-]=[N+]=Cc1ccncc1.[N-]=[N+]=Nc1cccnc1.[N-]=[N+]=Nc1ccco1. The Balaban J connectivity index is -0.000000291. The molecule has 0 aliphatic heterocycles. The van der Waals surface area contributed by atoms with Crippen molar-refractivity contribution in [3.63, 3.8) is 0 Å². The Hall–Kier alpha value is -10.2. The van der Waals surface area contributed by atoms with Crippen LogP contribution in [0.5, 0.6) is 0 Å². The van der Waals surface area contributed by atoms with Gasteiger partial charge in [0.05, 0.1) is 34.2 Å². The Kier molecular flexibility index (Phi) is 62.4. The monoisotopic (exact) mass is 1220 g/mol. The van der Waals surface area contributed by atoms with Gasteiger partial charge in [0, 0.05) is 57.8 Å². The third-order valence-corrected chi connectivity index (χ3v) is 7.78. The van der Waals surface area contributed by atoms with E-state index in [0.29, 0.717) is 24.1 Å². The van der Waals surface area contributed by atoms with Crippen molar-refractivity contribution < 1.29 is 36.3 Å². The summed E-state index contributed by atoms with van der Waals surface area (Å²) in [6, 6.07) is 27.3. The van der Waals surface area contributed by atoms with Gasteiger partial charge >= 0.3 is 0 Å². The number of pyridine rings is 2. The number of halogens is 5. The van der Waals surface area contributed by atoms with E-state index in [1.54, 1.807) is 55.0 Å². The molecule has 28 heteroatoms. The van der Waals surface area contributed by atoms with Crippen molar-refractivity contribution in [1.82, 2.24) is 24.9 Å². The molecular weight excluding hydrogens is 1140 g/mol. The van der Waals surface area contributed by atoms with E-state index in [4.69, 9.17) is 50.2 Å². The smallest absolute Gasteiger partial charge is 0.287 e. The molecule has 0 saturated carbocycles. The van der Waals surface area contributed by atoms with Crippen LogP contribution in [0.25, 0.3) is 47.9 Å². The summed E-state index contributed by atoms with van der Waals surface area (Å²) in [6.07, 6.45) is 18.3. The van der Waals surface area contributed by atoms with Crippen molar-refractivity contribution in [2.24, 2.45) is 15.3 Å². The summed E-state index contributed by atoms with van der Waals surface area (Å²) in [6.45, 7) is 27.2. The molecule has 0 radical (unpaired) electrons. The summed E-state index contributed by atoms with van der Waals surface area (Å²) < 4.78 is 56.6. The van der Waals surface area contributed by atoms with Gasteiger partial charge in [-0.05, 0) is 119 Å². The van der Waals surface area contributed by atoms with Crippen LogP contribution < -0.4 is 5.32 Å². The van der Waals surface area contributed by atoms with E-state index in [1.807, 2.05) is 68.4 Å². The molecule has 0 unspecified atom stereocenters. The topological polar surface area (TPSA) is 369 Å². The van der Waals surface area contributed by atoms with Crippen molar-refractivity contribution in [3.8, 4) is 0 Å². The second-order valence-electron chi connectivity index (χ2n) is 16.0. The molecule has 87 heavy (non-hydrogen) atoms. The highest BCUT2D eigenvalue weighted by atomic mass is 35.5. The van der Waals surface area contributed by atoms with Crippen LogP contribution in [0, 0.1) is 35.6 Å². The van der Waals surface area contributed by atoms with Gasteiger partial charge in [-0.15, -0.1) is 0 Å². The third-order valence-electron chi connectivity index (χ3n) is 7.61. The van der Waals surface area contributed by atoms with E-state index in [9.17, 15) is 17.6 Å². The van der Waals surface area contributed by atoms with Crippen LogP contribution in [0.1, 0.15) is 149 Å². The van der Waals surface area contributed by atoms with Gasteiger partial charge in [-0.25, -0.2) is 17.6 Å². The number of hydrogen-bond acceptors (Lipinski definition) is 11. The molecule has 7 rings (SSSR count). The van der Waals surface area contributed by atoms with Gasteiger partial charge in [-0.3, -0.25) is 9.97 Å². The fraction of sp³-hybridized carbons (Fsp3) is 0.339. The lowest BCUT2D eigenvalue weighted by molar-refractivity contribution is 0.00414. The van der Waals surface area contributed by atoms with Crippen molar-refractivity contribution in [1.29, 1.82) is 5.41 Å². The first-order chi connectivity index (χ1) is 41.9. The van der Waals surface area contributed by atoms with Crippen LogP contribution in [0.2, 0.25) is 5.28 Å². The molecular formula is C59H79ClF4N22O. The second-order valence-corrected chi connectivity index (χ2v) is 16.3. The van der Waals surface area contributed by atoms with E-state index >= 15 is 0 Å². The number of nitrogens with zero attached hydrogens (tertiary/aromatic N) is 20. The Morgan fingerprint density at radius 2 is 1.01 bits per heavy atom. The van der Waals surface area contributed by atoms with Crippen molar-refractivity contribution in [2.45, 2.75) is 129 Å². The fourth-order valence-electron chi connectivity index (χ4n) is 4.47. The minimum Gasteiger partial charge on any atom is -0.463 e. The highest BCUT2D eigenvalue weighted by molar-refractivity contribution is 6.28. The van der Waals surface area contributed by atoms with Crippen molar-refractivity contribution >= 4 is 59.9 Å². The van der Waals surface area contributed by atoms with Crippen LogP contribution in [0.15, 0.2) is 142 Å². The number of hydrogen-bond donors (Lipinski definition) is 2. The summed E-state index contributed by atoms with van der Waals surface area (Å²) in [4.78, 5) is 34.9. The zero-order chi connectivity index (χ0) is 66.9. The Morgan fingerprint density at radius 1 is 0.540 bits per heavy atom. The maximum atomic E-state index is 13.0. The van der Waals surface area contributed by atoms with Crippen LogP contribution in [0.3, 0.4) is 0 Å². The molecule has 3 aromatic carbocycles. The maximum absolute atomic E-state index is 13.0. The van der Waals surface area contributed by atoms with Gasteiger partial charge in [0.2, 0.25) is 17.2 Å². The quantitative estimate of drug-likeness (QED) is 0.0332. The molecule has 0 fully saturated rings.